The van der Waals surface area contributed by atoms with Crippen molar-refractivity contribution in [1.82, 2.24) is 9.97 Å². The molecule has 5 nitrogen and oxygen atoms in total. The molecule has 1 aromatic carbocycles. The van der Waals surface area contributed by atoms with Crippen molar-refractivity contribution < 1.29 is 9.59 Å². The molecule has 3 rings (SSSR count). The average Bonchev–Trinajstić information content (AvgIpc) is 2.65. The number of aryl methyl sites for hydroxylation is 3. The molecule has 5 heteroatoms. The monoisotopic (exact) mass is 267 g/mol. The van der Waals surface area contributed by atoms with Gasteiger partial charge in [-0.1, -0.05) is 11.6 Å². The lowest BCUT2D eigenvalue weighted by Gasteiger charge is -2.13. The Labute approximate surface area is 116 Å². The zero-order valence-corrected chi connectivity index (χ0v) is 11.5. The molecule has 0 radical (unpaired) electrons. The number of imide groups is 1. The lowest BCUT2D eigenvalue weighted by Crippen LogP contribution is -2.30. The Hall–Kier alpha value is -2.56. The molecular formula is C15H13N3O2. The third-order valence-corrected chi connectivity index (χ3v) is 3.45. The van der Waals surface area contributed by atoms with Crippen molar-refractivity contribution >= 4 is 17.6 Å². The van der Waals surface area contributed by atoms with Crippen LogP contribution in [0.2, 0.25) is 0 Å². The zero-order chi connectivity index (χ0) is 14.4. The standard InChI is InChI=1S/C15H13N3O2/c1-8-4-5-11-12(6-8)15(20)18(14(11)19)13-7-16-9(2)10(3)17-13/h4-7H,1-3H3. The fourth-order valence-corrected chi connectivity index (χ4v) is 2.20. The van der Waals surface area contributed by atoms with Crippen molar-refractivity contribution in [3.63, 3.8) is 0 Å². The largest absolute Gasteiger partial charge is 0.268 e. The van der Waals surface area contributed by atoms with E-state index in [4.69, 9.17) is 0 Å². The van der Waals surface area contributed by atoms with Gasteiger partial charge in [0.05, 0.1) is 28.7 Å². The highest BCUT2D eigenvalue weighted by Gasteiger charge is 2.37. The third kappa shape index (κ3) is 1.71. The van der Waals surface area contributed by atoms with E-state index in [-0.39, 0.29) is 17.6 Å². The summed E-state index contributed by atoms with van der Waals surface area (Å²) < 4.78 is 0. The van der Waals surface area contributed by atoms with E-state index in [9.17, 15) is 9.59 Å². The number of nitrogens with zero attached hydrogens (tertiary/aromatic N) is 3. The second-order valence-corrected chi connectivity index (χ2v) is 4.89. The molecule has 2 heterocycles. The molecule has 0 fully saturated rings. The molecule has 100 valence electrons. The summed E-state index contributed by atoms with van der Waals surface area (Å²) in [5.41, 5.74) is 3.27. The van der Waals surface area contributed by atoms with E-state index in [0.717, 1.165) is 16.2 Å². The molecule has 0 unspecified atom stereocenters. The van der Waals surface area contributed by atoms with Crippen LogP contribution >= 0.6 is 0 Å². The van der Waals surface area contributed by atoms with Crippen molar-refractivity contribution in [1.29, 1.82) is 0 Å². The predicted octanol–water partition coefficient (Wildman–Crippen LogP) is 2.20. The number of carbonyl (C=O) groups is 2. The highest BCUT2D eigenvalue weighted by molar-refractivity contribution is 6.34. The van der Waals surface area contributed by atoms with Crippen LogP contribution in [-0.4, -0.2) is 21.8 Å². The van der Waals surface area contributed by atoms with E-state index in [0.29, 0.717) is 16.8 Å². The van der Waals surface area contributed by atoms with Gasteiger partial charge in [-0.15, -0.1) is 0 Å². The van der Waals surface area contributed by atoms with Crippen LogP contribution < -0.4 is 4.90 Å². The number of carbonyl (C=O) groups excluding carboxylic acids is 2. The molecule has 20 heavy (non-hydrogen) atoms. The van der Waals surface area contributed by atoms with Crippen LogP contribution in [0.5, 0.6) is 0 Å². The number of fused-ring (bicyclic) bond motifs is 1. The number of anilines is 1. The van der Waals surface area contributed by atoms with Crippen molar-refractivity contribution in [2.24, 2.45) is 0 Å². The zero-order valence-electron chi connectivity index (χ0n) is 11.5. The number of hydrogen-bond acceptors (Lipinski definition) is 4. The molecule has 1 aliphatic rings. The normalized spacial score (nSPS) is 13.8. The van der Waals surface area contributed by atoms with E-state index in [1.807, 2.05) is 19.9 Å². The van der Waals surface area contributed by atoms with Gasteiger partial charge < -0.3 is 0 Å². The summed E-state index contributed by atoms with van der Waals surface area (Å²) in [7, 11) is 0. The summed E-state index contributed by atoms with van der Waals surface area (Å²) in [4.78, 5) is 34.3. The minimum atomic E-state index is -0.345. The van der Waals surface area contributed by atoms with Crippen LogP contribution in [0, 0.1) is 20.8 Å². The SMILES string of the molecule is Cc1ccc2c(c1)C(=O)N(c1cnc(C)c(C)n1)C2=O. The van der Waals surface area contributed by atoms with Crippen LogP contribution in [0.1, 0.15) is 37.7 Å². The summed E-state index contributed by atoms with van der Waals surface area (Å²) in [6.45, 7) is 5.52. The first-order chi connectivity index (χ1) is 9.49. The van der Waals surface area contributed by atoms with E-state index in [2.05, 4.69) is 9.97 Å². The van der Waals surface area contributed by atoms with Crippen LogP contribution in [-0.2, 0) is 0 Å². The predicted molar refractivity (Wildman–Crippen MR) is 73.8 cm³/mol. The lowest BCUT2D eigenvalue weighted by atomic mass is 10.1. The van der Waals surface area contributed by atoms with Gasteiger partial charge in [0.25, 0.3) is 11.8 Å². The van der Waals surface area contributed by atoms with Crippen LogP contribution in [0.4, 0.5) is 5.82 Å². The maximum Gasteiger partial charge on any atom is 0.267 e. The van der Waals surface area contributed by atoms with Gasteiger partial charge in [0, 0.05) is 0 Å². The topological polar surface area (TPSA) is 63.2 Å². The molecule has 2 aromatic rings. The van der Waals surface area contributed by atoms with Gasteiger partial charge in [-0.2, -0.15) is 0 Å². The molecule has 1 aromatic heterocycles. The van der Waals surface area contributed by atoms with E-state index in [1.165, 1.54) is 6.20 Å². The van der Waals surface area contributed by atoms with Crippen molar-refractivity contribution in [2.75, 3.05) is 4.90 Å². The number of amides is 2. The first kappa shape index (κ1) is 12.5. The second kappa shape index (κ2) is 4.23. The second-order valence-electron chi connectivity index (χ2n) is 4.89. The number of benzene rings is 1. The van der Waals surface area contributed by atoms with Crippen LogP contribution in [0.15, 0.2) is 24.4 Å². The minimum Gasteiger partial charge on any atom is -0.268 e. The van der Waals surface area contributed by atoms with E-state index < -0.39 is 0 Å². The molecule has 0 bridgehead atoms. The highest BCUT2D eigenvalue weighted by Crippen LogP contribution is 2.27. The first-order valence-electron chi connectivity index (χ1n) is 6.28. The quantitative estimate of drug-likeness (QED) is 0.743. The Balaban J connectivity index is 2.11. The lowest BCUT2D eigenvalue weighted by molar-refractivity contribution is 0.0925. The molecule has 0 atom stereocenters. The average molecular weight is 267 g/mol. The molecule has 0 spiro atoms. The molecular weight excluding hydrogens is 254 g/mol. The highest BCUT2D eigenvalue weighted by atomic mass is 16.2. The Bertz CT molecular complexity index is 753. The number of aromatic nitrogens is 2. The van der Waals surface area contributed by atoms with Gasteiger partial charge >= 0.3 is 0 Å². The van der Waals surface area contributed by atoms with Gasteiger partial charge in [-0.25, -0.2) is 9.88 Å². The third-order valence-electron chi connectivity index (χ3n) is 3.45. The summed E-state index contributed by atoms with van der Waals surface area (Å²) in [6.07, 6.45) is 1.46. The van der Waals surface area contributed by atoms with Gasteiger partial charge in [-0.3, -0.25) is 14.6 Å². The van der Waals surface area contributed by atoms with Crippen LogP contribution in [0.3, 0.4) is 0 Å². The number of hydrogen-bond donors (Lipinski definition) is 0. The molecule has 1 aliphatic heterocycles. The minimum absolute atomic E-state index is 0.275. The number of rotatable bonds is 1. The van der Waals surface area contributed by atoms with Gasteiger partial charge in [0.1, 0.15) is 0 Å². The summed E-state index contributed by atoms with van der Waals surface area (Å²) in [5.74, 6) is -0.411. The van der Waals surface area contributed by atoms with Gasteiger partial charge in [-0.05, 0) is 32.9 Å². The fourth-order valence-electron chi connectivity index (χ4n) is 2.20. The van der Waals surface area contributed by atoms with Crippen molar-refractivity contribution in [3.05, 3.63) is 52.5 Å². The molecule has 0 saturated heterocycles. The molecule has 0 saturated carbocycles. The van der Waals surface area contributed by atoms with Crippen molar-refractivity contribution in [3.8, 4) is 0 Å². The van der Waals surface area contributed by atoms with Gasteiger partial charge in [0.2, 0.25) is 0 Å². The molecule has 2 amide bonds. The molecule has 0 N–H and O–H groups in total. The Morgan fingerprint density at radius 1 is 0.950 bits per heavy atom. The Morgan fingerprint density at radius 3 is 2.35 bits per heavy atom. The summed E-state index contributed by atoms with van der Waals surface area (Å²) >= 11 is 0. The van der Waals surface area contributed by atoms with Gasteiger partial charge in [0.15, 0.2) is 5.82 Å². The first-order valence-corrected chi connectivity index (χ1v) is 6.28. The Morgan fingerprint density at radius 2 is 1.65 bits per heavy atom. The van der Waals surface area contributed by atoms with Crippen molar-refractivity contribution in [2.45, 2.75) is 20.8 Å². The Kier molecular flexibility index (Phi) is 2.64. The smallest absolute Gasteiger partial charge is 0.267 e. The fraction of sp³-hybridized carbons (Fsp3) is 0.200. The van der Waals surface area contributed by atoms with Crippen LogP contribution in [0.25, 0.3) is 0 Å². The van der Waals surface area contributed by atoms with E-state index in [1.54, 1.807) is 19.1 Å². The maximum absolute atomic E-state index is 12.4. The summed E-state index contributed by atoms with van der Waals surface area (Å²) in [6, 6.07) is 5.23. The molecule has 0 aliphatic carbocycles. The van der Waals surface area contributed by atoms with E-state index >= 15 is 0 Å². The maximum atomic E-state index is 12.4. The summed E-state index contributed by atoms with van der Waals surface area (Å²) in [5, 5.41) is 0.